The summed E-state index contributed by atoms with van der Waals surface area (Å²) in [5.41, 5.74) is 14.8. The predicted octanol–water partition coefficient (Wildman–Crippen LogP) is 2.77. The molecule has 178 valence electrons. The first-order valence-electron chi connectivity index (χ1n) is 11.5. The number of nitrogens with one attached hydrogen (secondary N) is 1. The van der Waals surface area contributed by atoms with Gasteiger partial charge in [0.05, 0.1) is 35.2 Å². The third-order valence-corrected chi connectivity index (χ3v) is 6.80. The first-order chi connectivity index (χ1) is 15.6. The van der Waals surface area contributed by atoms with Crippen LogP contribution in [0.3, 0.4) is 0 Å². The van der Waals surface area contributed by atoms with Gasteiger partial charge in [-0.1, -0.05) is 13.8 Å². The average Bonchev–Trinajstić information content (AvgIpc) is 3.29. The number of carbonyl (C=O) groups is 2. The zero-order valence-electron chi connectivity index (χ0n) is 19.4. The Kier molecular flexibility index (Phi) is 6.18. The fourth-order valence-electron chi connectivity index (χ4n) is 5.06. The predicted molar refractivity (Wildman–Crippen MR) is 123 cm³/mol. The molecule has 2 atom stereocenters. The van der Waals surface area contributed by atoms with Gasteiger partial charge in [0, 0.05) is 11.8 Å². The molecule has 0 saturated heterocycles. The molecule has 1 aromatic heterocycles. The fraction of sp³-hybridized carbons (Fsp3) is 0.542. The lowest BCUT2D eigenvalue weighted by molar-refractivity contribution is -0.147. The van der Waals surface area contributed by atoms with E-state index in [2.05, 4.69) is 19.2 Å². The minimum absolute atomic E-state index is 0.119. The van der Waals surface area contributed by atoms with E-state index >= 15 is 4.39 Å². The smallest absolute Gasteiger partial charge is 0.320 e. The number of halogens is 1. The Balaban J connectivity index is 1.73. The molecular weight excluding hydrogens is 425 g/mol. The van der Waals surface area contributed by atoms with E-state index in [1.54, 1.807) is 10.7 Å². The summed E-state index contributed by atoms with van der Waals surface area (Å²) in [6.45, 7) is 6.19. The van der Waals surface area contributed by atoms with Crippen LogP contribution in [0.2, 0.25) is 0 Å². The maximum atomic E-state index is 15.2. The number of benzene rings is 1. The lowest BCUT2D eigenvalue weighted by atomic mass is 9.76. The molecule has 0 aliphatic heterocycles. The molecule has 1 fully saturated rings. The Hall–Kier alpha value is -2.94. The topological polar surface area (TPSA) is 125 Å². The number of aromatic nitrogens is 2. The van der Waals surface area contributed by atoms with E-state index in [-0.39, 0.29) is 29.3 Å². The number of hydrogen-bond donors (Lipinski definition) is 3. The highest BCUT2D eigenvalue weighted by molar-refractivity contribution is 5.99. The molecule has 2 aromatic rings. The first kappa shape index (κ1) is 23.2. The molecule has 0 unspecified atom stereocenters. The highest BCUT2D eigenvalue weighted by Crippen LogP contribution is 2.38. The van der Waals surface area contributed by atoms with E-state index in [4.69, 9.17) is 21.3 Å². The molecule has 2 aliphatic rings. The van der Waals surface area contributed by atoms with E-state index < -0.39 is 23.8 Å². The van der Waals surface area contributed by atoms with Gasteiger partial charge in [-0.05, 0) is 62.5 Å². The summed E-state index contributed by atoms with van der Waals surface area (Å²) >= 11 is 0. The van der Waals surface area contributed by atoms with Gasteiger partial charge < -0.3 is 21.5 Å². The number of fused-ring (bicyclic) bond motifs is 1. The molecule has 5 N–H and O–H groups in total. The molecule has 1 amide bonds. The van der Waals surface area contributed by atoms with Crippen LogP contribution in [0.25, 0.3) is 5.69 Å². The minimum atomic E-state index is -0.866. The largest absolute Gasteiger partial charge is 0.459 e. The second-order valence-electron chi connectivity index (χ2n) is 9.89. The van der Waals surface area contributed by atoms with Crippen molar-refractivity contribution in [3.63, 3.8) is 0 Å². The van der Waals surface area contributed by atoms with E-state index in [1.807, 2.05) is 6.92 Å². The molecule has 0 bridgehead atoms. The van der Waals surface area contributed by atoms with Crippen molar-refractivity contribution in [1.82, 2.24) is 9.78 Å². The van der Waals surface area contributed by atoms with Gasteiger partial charge >= 0.3 is 5.97 Å². The van der Waals surface area contributed by atoms with Gasteiger partial charge in [0.25, 0.3) is 5.91 Å². The van der Waals surface area contributed by atoms with Gasteiger partial charge in [-0.2, -0.15) is 5.10 Å². The summed E-state index contributed by atoms with van der Waals surface area (Å²) in [5, 5.41) is 7.93. The molecule has 8 nitrogen and oxygen atoms in total. The van der Waals surface area contributed by atoms with E-state index in [0.29, 0.717) is 18.5 Å². The van der Waals surface area contributed by atoms with Crippen molar-refractivity contribution in [3.8, 4) is 5.69 Å². The third kappa shape index (κ3) is 4.59. The Labute approximate surface area is 192 Å². The molecule has 2 aliphatic carbocycles. The zero-order chi connectivity index (χ0) is 23.9. The van der Waals surface area contributed by atoms with Crippen LogP contribution in [0, 0.1) is 18.2 Å². The first-order valence-corrected chi connectivity index (χ1v) is 11.5. The minimum Gasteiger partial charge on any atom is -0.459 e. The van der Waals surface area contributed by atoms with E-state index in [9.17, 15) is 9.59 Å². The normalized spacial score (nSPS) is 21.5. The molecule has 1 heterocycles. The highest BCUT2D eigenvalue weighted by Gasteiger charge is 2.33. The Bertz CT molecular complexity index is 1090. The van der Waals surface area contributed by atoms with Crippen molar-refractivity contribution in [3.05, 3.63) is 40.5 Å². The monoisotopic (exact) mass is 457 g/mol. The van der Waals surface area contributed by atoms with Crippen LogP contribution in [-0.2, 0) is 22.4 Å². The number of rotatable bonds is 6. The molecule has 33 heavy (non-hydrogen) atoms. The summed E-state index contributed by atoms with van der Waals surface area (Å²) in [7, 11) is 0. The Morgan fingerprint density at radius 2 is 2.09 bits per heavy atom. The van der Waals surface area contributed by atoms with Gasteiger partial charge in [0.1, 0.15) is 11.9 Å². The van der Waals surface area contributed by atoms with Crippen molar-refractivity contribution in [1.29, 1.82) is 0 Å². The van der Waals surface area contributed by atoms with Gasteiger partial charge in [0.2, 0.25) is 0 Å². The number of nitrogens with zero attached hydrogens (tertiary/aromatic N) is 2. The Morgan fingerprint density at radius 1 is 1.33 bits per heavy atom. The number of nitrogens with two attached hydrogens (primary N) is 2. The second-order valence-corrected chi connectivity index (χ2v) is 9.89. The summed E-state index contributed by atoms with van der Waals surface area (Å²) in [4.78, 5) is 23.8. The number of esters is 1. The van der Waals surface area contributed by atoms with Crippen LogP contribution < -0.4 is 16.8 Å². The van der Waals surface area contributed by atoms with Crippen molar-refractivity contribution in [2.45, 2.75) is 71.4 Å². The number of aryl methyl sites for hydroxylation is 1. The molecule has 0 radical (unpaired) electrons. The van der Waals surface area contributed by atoms with Crippen molar-refractivity contribution >= 4 is 17.6 Å². The molecular formula is C24H32FN5O3. The molecule has 0 spiro atoms. The third-order valence-electron chi connectivity index (χ3n) is 6.80. The lowest BCUT2D eigenvalue weighted by Gasteiger charge is -2.30. The number of amides is 1. The average molecular weight is 458 g/mol. The maximum Gasteiger partial charge on any atom is 0.320 e. The number of anilines is 1. The van der Waals surface area contributed by atoms with Crippen molar-refractivity contribution in [2.24, 2.45) is 16.9 Å². The molecule has 1 aromatic carbocycles. The van der Waals surface area contributed by atoms with Crippen molar-refractivity contribution < 1.29 is 18.7 Å². The lowest BCUT2D eigenvalue weighted by Crippen LogP contribution is -2.35. The van der Waals surface area contributed by atoms with Crippen LogP contribution in [0.15, 0.2) is 12.1 Å². The molecule has 1 saturated carbocycles. The van der Waals surface area contributed by atoms with Crippen LogP contribution in [-0.4, -0.2) is 40.3 Å². The second kappa shape index (κ2) is 8.78. The van der Waals surface area contributed by atoms with Gasteiger partial charge in [0.15, 0.2) is 0 Å². The summed E-state index contributed by atoms with van der Waals surface area (Å²) in [6.07, 6.45) is 4.61. The highest BCUT2D eigenvalue weighted by atomic mass is 19.1. The fourth-order valence-corrected chi connectivity index (χ4v) is 5.06. The van der Waals surface area contributed by atoms with Crippen LogP contribution in [0.4, 0.5) is 10.1 Å². The summed E-state index contributed by atoms with van der Waals surface area (Å²) in [5.74, 6) is -2.08. The number of ether oxygens (including phenoxy) is 1. The zero-order valence-corrected chi connectivity index (χ0v) is 19.4. The van der Waals surface area contributed by atoms with Crippen molar-refractivity contribution in [2.75, 3.05) is 11.9 Å². The SMILES string of the molecule is Cc1nn(-c2cc(F)c(C(N)=O)c(N[C@@H]3CCC[C@H]3OC(=O)CN)c2)c2c1CCC(C)(C)C2. The Morgan fingerprint density at radius 3 is 2.79 bits per heavy atom. The van der Waals surface area contributed by atoms with Crippen LogP contribution in [0.5, 0.6) is 0 Å². The number of hydrogen-bond acceptors (Lipinski definition) is 6. The quantitative estimate of drug-likeness (QED) is 0.573. The van der Waals surface area contributed by atoms with Gasteiger partial charge in [-0.15, -0.1) is 0 Å². The van der Waals surface area contributed by atoms with Gasteiger partial charge in [-0.25, -0.2) is 9.07 Å². The number of primary amides is 1. The summed E-state index contributed by atoms with van der Waals surface area (Å²) in [6, 6.07) is 2.73. The maximum absolute atomic E-state index is 15.2. The molecule has 9 heteroatoms. The standard InChI is InChI=1S/C24H32FN5O3/c1-13-15-7-8-24(2,3)11-19(15)30(29-13)14-9-16(25)22(23(27)32)18(10-14)28-17-5-4-6-20(17)33-21(31)12-26/h9-10,17,20,28H,4-8,11-12,26H2,1-3H3,(H2,27,32)/t17-,20-/m1/s1. The molecule has 4 rings (SSSR count). The van der Waals surface area contributed by atoms with Crippen LogP contribution in [0.1, 0.15) is 66.8 Å². The number of carbonyl (C=O) groups excluding carboxylic acids is 2. The van der Waals surface area contributed by atoms with Gasteiger partial charge in [-0.3, -0.25) is 9.59 Å². The van der Waals surface area contributed by atoms with E-state index in [1.165, 1.54) is 11.6 Å². The van der Waals surface area contributed by atoms with E-state index in [0.717, 1.165) is 37.1 Å². The van der Waals surface area contributed by atoms with Crippen LogP contribution >= 0.6 is 0 Å². The summed E-state index contributed by atoms with van der Waals surface area (Å²) < 4.78 is 22.4.